The summed E-state index contributed by atoms with van der Waals surface area (Å²) in [5.41, 5.74) is 1.32. The highest BCUT2D eigenvalue weighted by Crippen LogP contribution is 2.21. The Balaban J connectivity index is 1.80. The molecule has 142 valence electrons. The van der Waals surface area contributed by atoms with Gasteiger partial charge in [-0.2, -0.15) is 0 Å². The third-order valence-electron chi connectivity index (χ3n) is 4.10. The molecule has 0 aliphatic rings. The molecule has 3 rings (SSSR count). The molecule has 0 saturated carbocycles. The zero-order valence-electron chi connectivity index (χ0n) is 14.8. The summed E-state index contributed by atoms with van der Waals surface area (Å²) < 4.78 is 25.1. The molecule has 28 heavy (non-hydrogen) atoms. The molecule has 0 aliphatic heterocycles. The Bertz CT molecular complexity index is 1150. The van der Waals surface area contributed by atoms with E-state index < -0.39 is 9.84 Å². The number of hydrogen-bond acceptors (Lipinski definition) is 5. The molecule has 0 heterocycles. The van der Waals surface area contributed by atoms with Crippen LogP contribution in [-0.2, 0) is 15.6 Å². The molecule has 0 aromatic heterocycles. The summed E-state index contributed by atoms with van der Waals surface area (Å²) in [5.74, 6) is -0.655. The molecule has 3 aromatic rings. The number of ketones is 1. The highest BCUT2D eigenvalue weighted by Gasteiger charge is 2.16. The summed E-state index contributed by atoms with van der Waals surface area (Å²) in [4.78, 5) is 12.4. The summed E-state index contributed by atoms with van der Waals surface area (Å²) in [7, 11) is -3.66. The number of hydrogen-bond donors (Lipinski definition) is 2. The molecule has 0 radical (unpaired) electrons. The van der Waals surface area contributed by atoms with E-state index in [9.17, 15) is 23.4 Å². The van der Waals surface area contributed by atoms with Crippen molar-refractivity contribution in [3.8, 4) is 11.5 Å². The van der Waals surface area contributed by atoms with Gasteiger partial charge >= 0.3 is 0 Å². The number of benzene rings is 3. The first-order valence-electron chi connectivity index (χ1n) is 8.46. The average molecular weight is 394 g/mol. The van der Waals surface area contributed by atoms with Crippen molar-refractivity contribution in [2.75, 3.05) is 0 Å². The fourth-order valence-electron chi connectivity index (χ4n) is 2.68. The van der Waals surface area contributed by atoms with Gasteiger partial charge in [-0.1, -0.05) is 42.5 Å². The SMILES string of the molecule is O=C(/C=C/c1ccccc1O)c1cccc(CS(=O)(=O)c2cccc(O)c2)c1. The molecule has 0 fully saturated rings. The Morgan fingerprint density at radius 1 is 0.893 bits per heavy atom. The Morgan fingerprint density at radius 3 is 2.39 bits per heavy atom. The second kappa shape index (κ2) is 8.10. The van der Waals surface area contributed by atoms with E-state index in [0.29, 0.717) is 16.7 Å². The smallest absolute Gasteiger partial charge is 0.185 e. The first-order chi connectivity index (χ1) is 13.3. The number of carbonyl (C=O) groups excluding carboxylic acids is 1. The topological polar surface area (TPSA) is 91.7 Å². The maximum absolute atomic E-state index is 12.5. The quantitative estimate of drug-likeness (QED) is 0.488. The highest BCUT2D eigenvalue weighted by molar-refractivity contribution is 7.90. The van der Waals surface area contributed by atoms with Gasteiger partial charge in [0.25, 0.3) is 0 Å². The summed E-state index contributed by atoms with van der Waals surface area (Å²) in [6, 6.07) is 18.5. The Labute approximate surface area is 163 Å². The molecule has 2 N–H and O–H groups in total. The number of rotatable bonds is 6. The summed E-state index contributed by atoms with van der Waals surface area (Å²) in [6.07, 6.45) is 2.84. The summed E-state index contributed by atoms with van der Waals surface area (Å²) in [5, 5.41) is 19.2. The lowest BCUT2D eigenvalue weighted by Crippen LogP contribution is -2.06. The predicted octanol–water partition coefficient (Wildman–Crippen LogP) is 3.97. The van der Waals surface area contributed by atoms with Gasteiger partial charge in [0, 0.05) is 11.1 Å². The molecule has 0 saturated heterocycles. The number of phenols is 2. The molecule has 5 nitrogen and oxygen atoms in total. The van der Waals surface area contributed by atoms with E-state index in [1.54, 1.807) is 36.4 Å². The fraction of sp³-hybridized carbons (Fsp3) is 0.0455. The molecule has 3 aromatic carbocycles. The van der Waals surface area contributed by atoms with Crippen molar-refractivity contribution in [2.24, 2.45) is 0 Å². The van der Waals surface area contributed by atoms with Crippen LogP contribution in [0.1, 0.15) is 21.5 Å². The lowest BCUT2D eigenvalue weighted by Gasteiger charge is -2.06. The largest absolute Gasteiger partial charge is 0.508 e. The van der Waals surface area contributed by atoms with Crippen LogP contribution < -0.4 is 0 Å². The van der Waals surface area contributed by atoms with E-state index in [1.807, 2.05) is 0 Å². The maximum Gasteiger partial charge on any atom is 0.185 e. The monoisotopic (exact) mass is 394 g/mol. The van der Waals surface area contributed by atoms with Gasteiger partial charge in [0.2, 0.25) is 0 Å². The van der Waals surface area contributed by atoms with Crippen LogP contribution in [0.5, 0.6) is 11.5 Å². The van der Waals surface area contributed by atoms with Crippen molar-refractivity contribution in [3.63, 3.8) is 0 Å². The second-order valence-electron chi connectivity index (χ2n) is 6.21. The van der Waals surface area contributed by atoms with Gasteiger partial charge in [-0.25, -0.2) is 8.42 Å². The van der Waals surface area contributed by atoms with E-state index in [4.69, 9.17) is 0 Å². The zero-order valence-corrected chi connectivity index (χ0v) is 15.6. The van der Waals surface area contributed by atoms with Crippen LogP contribution >= 0.6 is 0 Å². The van der Waals surface area contributed by atoms with Crippen molar-refractivity contribution in [1.82, 2.24) is 0 Å². The molecule has 0 spiro atoms. The van der Waals surface area contributed by atoms with Crippen LogP contribution in [0.25, 0.3) is 6.08 Å². The van der Waals surface area contributed by atoms with Crippen LogP contribution in [0.4, 0.5) is 0 Å². The van der Waals surface area contributed by atoms with E-state index in [2.05, 4.69) is 0 Å². The first-order valence-corrected chi connectivity index (χ1v) is 10.1. The minimum Gasteiger partial charge on any atom is -0.508 e. The van der Waals surface area contributed by atoms with Crippen molar-refractivity contribution < 1.29 is 23.4 Å². The average Bonchev–Trinajstić information content (AvgIpc) is 2.67. The third kappa shape index (κ3) is 4.66. The molecular formula is C22H18O5S. The van der Waals surface area contributed by atoms with Crippen molar-refractivity contribution in [3.05, 3.63) is 95.6 Å². The Hall–Kier alpha value is -3.38. The minimum absolute atomic E-state index is 0.0173. The van der Waals surface area contributed by atoms with E-state index >= 15 is 0 Å². The van der Waals surface area contributed by atoms with Gasteiger partial charge in [-0.05, 0) is 48.0 Å². The number of aromatic hydroxyl groups is 2. The van der Waals surface area contributed by atoms with Gasteiger partial charge in [-0.15, -0.1) is 0 Å². The second-order valence-corrected chi connectivity index (χ2v) is 8.20. The number of carbonyl (C=O) groups is 1. The normalized spacial score (nSPS) is 11.6. The van der Waals surface area contributed by atoms with Crippen molar-refractivity contribution in [2.45, 2.75) is 10.6 Å². The predicted molar refractivity (Wildman–Crippen MR) is 107 cm³/mol. The number of phenolic OH excluding ortho intramolecular Hbond substituents is 2. The molecule has 0 bridgehead atoms. The third-order valence-corrected chi connectivity index (χ3v) is 5.78. The van der Waals surface area contributed by atoms with E-state index in [1.165, 1.54) is 48.6 Å². The lowest BCUT2D eigenvalue weighted by molar-refractivity contribution is 0.104. The molecule has 0 atom stereocenters. The molecule has 6 heteroatoms. The molecular weight excluding hydrogens is 376 g/mol. The Kier molecular flexibility index (Phi) is 5.61. The fourth-order valence-corrected chi connectivity index (χ4v) is 4.06. The molecule has 0 unspecified atom stereocenters. The van der Waals surface area contributed by atoms with Crippen LogP contribution in [-0.4, -0.2) is 24.4 Å². The summed E-state index contributed by atoms with van der Waals surface area (Å²) >= 11 is 0. The van der Waals surface area contributed by atoms with Crippen LogP contribution in [0, 0.1) is 0 Å². The number of sulfone groups is 1. The van der Waals surface area contributed by atoms with Gasteiger partial charge in [0.05, 0.1) is 10.6 Å². The molecule has 0 amide bonds. The van der Waals surface area contributed by atoms with Crippen molar-refractivity contribution in [1.29, 1.82) is 0 Å². The van der Waals surface area contributed by atoms with E-state index in [-0.39, 0.29) is 27.9 Å². The minimum atomic E-state index is -3.66. The van der Waals surface area contributed by atoms with Gasteiger partial charge in [-0.3, -0.25) is 4.79 Å². The van der Waals surface area contributed by atoms with Crippen LogP contribution in [0.2, 0.25) is 0 Å². The summed E-state index contributed by atoms with van der Waals surface area (Å²) in [6.45, 7) is 0. The van der Waals surface area contributed by atoms with Crippen LogP contribution in [0.15, 0.2) is 83.8 Å². The Morgan fingerprint density at radius 2 is 1.64 bits per heavy atom. The zero-order chi connectivity index (χ0) is 20.1. The van der Waals surface area contributed by atoms with E-state index in [0.717, 1.165) is 0 Å². The molecule has 0 aliphatic carbocycles. The number of allylic oxidation sites excluding steroid dienone is 1. The highest BCUT2D eigenvalue weighted by atomic mass is 32.2. The van der Waals surface area contributed by atoms with Gasteiger partial charge in [0.1, 0.15) is 11.5 Å². The van der Waals surface area contributed by atoms with Gasteiger partial charge in [0.15, 0.2) is 15.6 Å². The first kappa shape index (κ1) is 19.4. The van der Waals surface area contributed by atoms with Crippen LogP contribution in [0.3, 0.4) is 0 Å². The standard InChI is InChI=1S/C22H18O5S/c23-19-8-4-9-20(14-19)28(26,27)15-16-5-3-7-18(13-16)22(25)12-11-17-6-1-2-10-21(17)24/h1-14,23-24H,15H2/b12-11+. The van der Waals surface area contributed by atoms with Gasteiger partial charge < -0.3 is 10.2 Å². The lowest BCUT2D eigenvalue weighted by atomic mass is 10.1. The number of para-hydroxylation sites is 1. The van der Waals surface area contributed by atoms with Crippen molar-refractivity contribution >= 4 is 21.7 Å². The maximum atomic E-state index is 12.5.